The number of carbonyl (C=O) groups is 1. The van der Waals surface area contributed by atoms with E-state index in [1.807, 2.05) is 6.92 Å². The second kappa shape index (κ2) is 5.43. The van der Waals surface area contributed by atoms with E-state index in [9.17, 15) is 4.79 Å². The zero-order valence-electron chi connectivity index (χ0n) is 7.29. The first-order chi connectivity index (χ1) is 5.09. The smallest absolute Gasteiger partial charge is 0.238 e. The molecule has 1 N–H and O–H groups in total. The van der Waals surface area contributed by atoms with Gasteiger partial charge < -0.3 is 10.2 Å². The average Bonchev–Trinajstić information content (AvgIpc) is 1.98. The van der Waals surface area contributed by atoms with Crippen molar-refractivity contribution in [2.75, 3.05) is 26.4 Å². The van der Waals surface area contributed by atoms with Crippen LogP contribution in [0.15, 0.2) is 0 Å². The van der Waals surface area contributed by atoms with Crippen molar-refractivity contribution in [1.29, 1.82) is 0 Å². The molecule has 0 aromatic heterocycles. The van der Waals surface area contributed by atoms with Crippen LogP contribution in [-0.2, 0) is 4.79 Å². The Morgan fingerprint density at radius 3 is 2.55 bits per heavy atom. The molecule has 1 amide bonds. The van der Waals surface area contributed by atoms with Gasteiger partial charge in [0.1, 0.15) is 0 Å². The minimum Gasteiger partial charge on any atom is -0.347 e. The maximum absolute atomic E-state index is 11.2. The van der Waals surface area contributed by atoms with Crippen LogP contribution in [0.4, 0.5) is 0 Å². The molecule has 0 aliphatic rings. The molecule has 0 aromatic rings. The third-order valence-corrected chi connectivity index (χ3v) is 1.60. The minimum absolute atomic E-state index is 0.0999. The lowest BCUT2D eigenvalue weighted by Crippen LogP contribution is -2.42. The van der Waals surface area contributed by atoms with Gasteiger partial charge in [-0.15, -0.1) is 0 Å². The molecule has 0 aliphatic carbocycles. The highest BCUT2D eigenvalue weighted by molar-refractivity contribution is 7.80. The molecule has 4 heteroatoms. The van der Waals surface area contributed by atoms with Gasteiger partial charge in [-0.05, 0) is 6.92 Å². The molecule has 11 heavy (non-hydrogen) atoms. The molecule has 0 rings (SSSR count). The lowest BCUT2D eigenvalue weighted by Gasteiger charge is -2.17. The molecule has 0 radical (unpaired) electrons. The zero-order chi connectivity index (χ0) is 8.85. The Hall–Kier alpha value is -0.220. The van der Waals surface area contributed by atoms with Gasteiger partial charge in [-0.25, -0.2) is 0 Å². The summed E-state index contributed by atoms with van der Waals surface area (Å²) in [6.45, 7) is 2.62. The van der Waals surface area contributed by atoms with Crippen molar-refractivity contribution in [2.45, 2.75) is 13.0 Å². The highest BCUT2D eigenvalue weighted by Gasteiger charge is 2.12. The van der Waals surface area contributed by atoms with Crippen LogP contribution in [0.25, 0.3) is 0 Å². The van der Waals surface area contributed by atoms with Crippen molar-refractivity contribution in [3.05, 3.63) is 0 Å². The maximum Gasteiger partial charge on any atom is 0.238 e. The summed E-state index contributed by atoms with van der Waals surface area (Å²) < 4.78 is 0. The molecule has 1 unspecified atom stereocenters. The predicted molar refractivity (Wildman–Crippen MR) is 50.0 cm³/mol. The van der Waals surface area contributed by atoms with E-state index < -0.39 is 0 Å². The number of likely N-dealkylation sites (N-methyl/N-ethyl adjacent to an activating group) is 1. The number of carbonyl (C=O) groups excluding carboxylic acids is 1. The number of amides is 1. The van der Waals surface area contributed by atoms with Crippen LogP contribution in [0, 0.1) is 0 Å². The molecule has 1 atom stereocenters. The molecule has 0 heterocycles. The zero-order valence-corrected chi connectivity index (χ0v) is 8.19. The third-order valence-electron chi connectivity index (χ3n) is 1.37. The fourth-order valence-corrected chi connectivity index (χ4v) is 0.885. The summed E-state index contributed by atoms with van der Waals surface area (Å²) >= 11 is 4.03. The minimum atomic E-state index is -0.0999. The van der Waals surface area contributed by atoms with Gasteiger partial charge in [0.15, 0.2) is 0 Å². The lowest BCUT2D eigenvalue weighted by molar-refractivity contribution is -0.130. The standard InChI is InChI=1S/C7H16N2OS/c1-6(8-4-5-11)7(10)9(2)3/h6,8,11H,4-5H2,1-3H3. The summed E-state index contributed by atoms with van der Waals surface area (Å²) in [4.78, 5) is 12.8. The summed E-state index contributed by atoms with van der Waals surface area (Å²) in [7, 11) is 3.50. The molecule has 0 aliphatic heterocycles. The molecule has 66 valence electrons. The summed E-state index contributed by atoms with van der Waals surface area (Å²) in [6.07, 6.45) is 0. The number of thiol groups is 1. The fraction of sp³-hybridized carbons (Fsp3) is 0.857. The quantitative estimate of drug-likeness (QED) is 0.590. The average molecular weight is 176 g/mol. The van der Waals surface area contributed by atoms with Crippen LogP contribution >= 0.6 is 12.6 Å². The van der Waals surface area contributed by atoms with E-state index in [0.717, 1.165) is 12.3 Å². The van der Waals surface area contributed by atoms with Crippen molar-refractivity contribution in [1.82, 2.24) is 10.2 Å². The van der Waals surface area contributed by atoms with E-state index in [1.54, 1.807) is 19.0 Å². The third kappa shape index (κ3) is 4.27. The lowest BCUT2D eigenvalue weighted by atomic mass is 10.3. The SMILES string of the molecule is CC(NCCS)C(=O)N(C)C. The molecule has 0 spiro atoms. The van der Waals surface area contributed by atoms with Crippen LogP contribution in [0.1, 0.15) is 6.92 Å². The van der Waals surface area contributed by atoms with E-state index in [-0.39, 0.29) is 11.9 Å². The second-order valence-corrected chi connectivity index (χ2v) is 3.08. The number of nitrogens with zero attached hydrogens (tertiary/aromatic N) is 1. The van der Waals surface area contributed by atoms with Gasteiger partial charge in [-0.1, -0.05) is 0 Å². The number of hydrogen-bond acceptors (Lipinski definition) is 3. The van der Waals surface area contributed by atoms with Crippen LogP contribution in [0.3, 0.4) is 0 Å². The Morgan fingerprint density at radius 2 is 2.18 bits per heavy atom. The molecule has 0 saturated heterocycles. The monoisotopic (exact) mass is 176 g/mol. The topological polar surface area (TPSA) is 32.3 Å². The molecule has 0 fully saturated rings. The Labute approximate surface area is 73.6 Å². The predicted octanol–water partition coefficient (Wildman–Crippen LogP) is -0.0175. The molecule has 3 nitrogen and oxygen atoms in total. The van der Waals surface area contributed by atoms with Gasteiger partial charge in [0.05, 0.1) is 6.04 Å². The van der Waals surface area contributed by atoms with E-state index >= 15 is 0 Å². The molecular weight excluding hydrogens is 160 g/mol. The molecular formula is C7H16N2OS. The van der Waals surface area contributed by atoms with Crippen LogP contribution in [0.2, 0.25) is 0 Å². The highest BCUT2D eigenvalue weighted by Crippen LogP contribution is 1.87. The first-order valence-electron chi connectivity index (χ1n) is 3.65. The molecule has 0 aromatic carbocycles. The maximum atomic E-state index is 11.2. The molecule has 0 bridgehead atoms. The van der Waals surface area contributed by atoms with Gasteiger partial charge in [-0.3, -0.25) is 4.79 Å². The number of rotatable bonds is 4. The first kappa shape index (κ1) is 10.8. The van der Waals surface area contributed by atoms with E-state index in [0.29, 0.717) is 0 Å². The van der Waals surface area contributed by atoms with Crippen LogP contribution in [0.5, 0.6) is 0 Å². The number of nitrogens with one attached hydrogen (secondary N) is 1. The normalized spacial score (nSPS) is 12.7. The van der Waals surface area contributed by atoms with Gasteiger partial charge in [0, 0.05) is 26.4 Å². The van der Waals surface area contributed by atoms with Gasteiger partial charge in [0.2, 0.25) is 5.91 Å². The Balaban J connectivity index is 3.64. The Kier molecular flexibility index (Phi) is 5.32. The fourth-order valence-electron chi connectivity index (χ4n) is 0.756. The van der Waals surface area contributed by atoms with E-state index in [1.165, 1.54) is 0 Å². The Morgan fingerprint density at radius 1 is 1.64 bits per heavy atom. The summed E-state index contributed by atoms with van der Waals surface area (Å²) in [5.41, 5.74) is 0. The summed E-state index contributed by atoms with van der Waals surface area (Å²) in [5.74, 6) is 0.859. The largest absolute Gasteiger partial charge is 0.347 e. The summed E-state index contributed by atoms with van der Waals surface area (Å²) in [6, 6.07) is -0.0999. The van der Waals surface area contributed by atoms with Crippen LogP contribution < -0.4 is 5.32 Å². The van der Waals surface area contributed by atoms with Gasteiger partial charge in [-0.2, -0.15) is 12.6 Å². The van der Waals surface area contributed by atoms with Gasteiger partial charge >= 0.3 is 0 Å². The second-order valence-electron chi connectivity index (χ2n) is 2.63. The Bertz CT molecular complexity index is 128. The van der Waals surface area contributed by atoms with Crippen molar-refractivity contribution >= 4 is 18.5 Å². The van der Waals surface area contributed by atoms with E-state index in [2.05, 4.69) is 17.9 Å². The van der Waals surface area contributed by atoms with Gasteiger partial charge in [0.25, 0.3) is 0 Å². The van der Waals surface area contributed by atoms with Crippen molar-refractivity contribution < 1.29 is 4.79 Å². The van der Waals surface area contributed by atoms with Crippen molar-refractivity contribution in [3.8, 4) is 0 Å². The van der Waals surface area contributed by atoms with Crippen molar-refractivity contribution in [3.63, 3.8) is 0 Å². The highest BCUT2D eigenvalue weighted by atomic mass is 32.1. The van der Waals surface area contributed by atoms with Crippen molar-refractivity contribution in [2.24, 2.45) is 0 Å². The summed E-state index contributed by atoms with van der Waals surface area (Å²) in [5, 5.41) is 3.05. The first-order valence-corrected chi connectivity index (χ1v) is 4.28. The number of hydrogen-bond donors (Lipinski definition) is 2. The van der Waals surface area contributed by atoms with E-state index in [4.69, 9.17) is 0 Å². The van der Waals surface area contributed by atoms with Crippen LogP contribution in [-0.4, -0.2) is 43.2 Å². The molecule has 0 saturated carbocycles.